The van der Waals surface area contributed by atoms with Crippen LogP contribution < -0.4 is 0 Å². The molecule has 0 bridgehead atoms. The quantitative estimate of drug-likeness (QED) is 0.427. The van der Waals surface area contributed by atoms with Gasteiger partial charge in [0, 0.05) is 0 Å². The van der Waals surface area contributed by atoms with Gasteiger partial charge in [0.15, 0.2) is 0 Å². The minimum Gasteiger partial charge on any atom is -0.373 e. The van der Waals surface area contributed by atoms with Crippen molar-refractivity contribution in [1.29, 1.82) is 0 Å². The molecule has 2 saturated heterocycles. The molecule has 0 spiro atoms. The third-order valence-corrected chi connectivity index (χ3v) is 2.24. The highest BCUT2D eigenvalue weighted by Crippen LogP contribution is 2.19. The van der Waals surface area contributed by atoms with Crippen LogP contribution in [0.2, 0.25) is 0 Å². The van der Waals surface area contributed by atoms with Crippen LogP contribution in [0.1, 0.15) is 25.7 Å². The second-order valence-electron chi connectivity index (χ2n) is 3.54. The lowest BCUT2D eigenvalue weighted by atomic mass is 10.1. The second-order valence-corrected chi connectivity index (χ2v) is 3.54. The minimum absolute atomic E-state index is 0.566. The Morgan fingerprint density at radius 3 is 1.67 bits per heavy atom. The standard InChI is InChI=1S/C10H16O2/c1(3-5-9-7-11-9)2-4-6-10-8-12-10/h3-4,9-10H,1-2,5-8H2. The molecule has 2 unspecified atom stereocenters. The molecule has 2 rings (SSSR count). The van der Waals surface area contributed by atoms with Crippen molar-refractivity contribution in [2.75, 3.05) is 13.2 Å². The van der Waals surface area contributed by atoms with Gasteiger partial charge in [-0.3, -0.25) is 0 Å². The lowest BCUT2D eigenvalue weighted by Gasteiger charge is -1.97. The Morgan fingerprint density at radius 1 is 0.917 bits per heavy atom. The predicted molar refractivity (Wildman–Crippen MR) is 46.5 cm³/mol. The van der Waals surface area contributed by atoms with E-state index in [1.54, 1.807) is 0 Å². The van der Waals surface area contributed by atoms with Crippen LogP contribution in [0.4, 0.5) is 0 Å². The Labute approximate surface area is 74.2 Å². The molecule has 68 valence electrons. The van der Waals surface area contributed by atoms with Gasteiger partial charge in [-0.05, 0) is 38.5 Å². The number of unbranched alkanes of at least 4 members (excludes halogenated alkanes) is 3. The van der Waals surface area contributed by atoms with Gasteiger partial charge < -0.3 is 9.47 Å². The van der Waals surface area contributed by atoms with Crippen molar-refractivity contribution in [3.8, 4) is 0 Å². The summed E-state index contributed by atoms with van der Waals surface area (Å²) in [6.07, 6.45) is 10.5. The topological polar surface area (TPSA) is 25.1 Å². The molecule has 0 aromatic carbocycles. The van der Waals surface area contributed by atoms with E-state index >= 15 is 0 Å². The predicted octanol–water partition coefficient (Wildman–Crippen LogP) is 1.75. The first-order chi connectivity index (χ1) is 5.95. The zero-order chi connectivity index (χ0) is 8.23. The lowest BCUT2D eigenvalue weighted by Crippen LogP contribution is -1.89. The average molecular weight is 168 g/mol. The normalized spacial score (nSPS) is 32.0. The van der Waals surface area contributed by atoms with Crippen molar-refractivity contribution in [1.82, 2.24) is 0 Å². The number of rotatable bonds is 7. The molecular formula is C10H16O2. The molecular weight excluding hydrogens is 152 g/mol. The van der Waals surface area contributed by atoms with E-state index in [-0.39, 0.29) is 0 Å². The molecule has 2 nitrogen and oxygen atoms in total. The zero-order valence-electron chi connectivity index (χ0n) is 7.37. The molecule has 2 atom stereocenters. The molecule has 0 aliphatic carbocycles. The molecule has 0 aromatic rings. The van der Waals surface area contributed by atoms with Crippen molar-refractivity contribution >= 4 is 0 Å². The van der Waals surface area contributed by atoms with E-state index in [9.17, 15) is 0 Å². The van der Waals surface area contributed by atoms with E-state index in [1.807, 2.05) is 0 Å². The molecule has 2 fully saturated rings. The van der Waals surface area contributed by atoms with Crippen molar-refractivity contribution in [3.05, 3.63) is 12.8 Å². The van der Waals surface area contributed by atoms with Gasteiger partial charge in [0.2, 0.25) is 0 Å². The van der Waals surface area contributed by atoms with E-state index in [0.29, 0.717) is 12.2 Å². The summed E-state index contributed by atoms with van der Waals surface area (Å²) in [7, 11) is 0. The summed E-state index contributed by atoms with van der Waals surface area (Å²) in [5.74, 6) is 0. The fourth-order valence-corrected chi connectivity index (χ4v) is 1.25. The lowest BCUT2D eigenvalue weighted by molar-refractivity contribution is 0.401. The smallest absolute Gasteiger partial charge is 0.0812 e. The minimum atomic E-state index is 0.566. The third-order valence-electron chi connectivity index (χ3n) is 2.24. The van der Waals surface area contributed by atoms with Crippen LogP contribution in [0.3, 0.4) is 0 Å². The van der Waals surface area contributed by atoms with Crippen LogP contribution in [0.5, 0.6) is 0 Å². The van der Waals surface area contributed by atoms with Crippen molar-refractivity contribution < 1.29 is 9.47 Å². The highest BCUT2D eigenvalue weighted by Gasteiger charge is 2.22. The molecule has 0 amide bonds. The number of ether oxygens (including phenoxy) is 2. The molecule has 12 heavy (non-hydrogen) atoms. The van der Waals surface area contributed by atoms with Gasteiger partial charge in [0.05, 0.1) is 25.4 Å². The average Bonchev–Trinajstić information content (AvgIpc) is 2.89. The molecule has 2 heteroatoms. The Balaban J connectivity index is 1.31. The van der Waals surface area contributed by atoms with E-state index < -0.39 is 0 Å². The molecule has 2 aliphatic heterocycles. The second kappa shape index (κ2) is 4.24. The van der Waals surface area contributed by atoms with E-state index in [4.69, 9.17) is 9.47 Å². The van der Waals surface area contributed by atoms with Gasteiger partial charge in [-0.15, -0.1) is 0 Å². The molecule has 0 aromatic heterocycles. The van der Waals surface area contributed by atoms with Crippen LogP contribution in [0.25, 0.3) is 0 Å². The van der Waals surface area contributed by atoms with Gasteiger partial charge >= 0.3 is 0 Å². The van der Waals surface area contributed by atoms with Gasteiger partial charge in [-0.25, -0.2) is 0 Å². The van der Waals surface area contributed by atoms with Crippen LogP contribution in [0.15, 0.2) is 0 Å². The summed E-state index contributed by atoms with van der Waals surface area (Å²) in [6, 6.07) is 0. The third kappa shape index (κ3) is 3.55. The Kier molecular flexibility index (Phi) is 3.01. The zero-order valence-corrected chi connectivity index (χ0v) is 7.37. The highest BCUT2D eigenvalue weighted by molar-refractivity contribution is 4.83. The summed E-state index contributed by atoms with van der Waals surface area (Å²) in [5.41, 5.74) is 0. The Morgan fingerprint density at radius 2 is 1.33 bits per heavy atom. The van der Waals surface area contributed by atoms with Crippen molar-refractivity contribution in [3.63, 3.8) is 0 Å². The van der Waals surface area contributed by atoms with Crippen molar-refractivity contribution in [2.45, 2.75) is 37.9 Å². The number of hydrogen-bond acceptors (Lipinski definition) is 2. The van der Waals surface area contributed by atoms with E-state index in [2.05, 4.69) is 12.8 Å². The van der Waals surface area contributed by atoms with Gasteiger partial charge in [0.25, 0.3) is 0 Å². The van der Waals surface area contributed by atoms with Crippen molar-refractivity contribution in [2.24, 2.45) is 0 Å². The Hall–Kier alpha value is -0.0800. The number of epoxide rings is 2. The molecule has 2 radical (unpaired) electrons. The monoisotopic (exact) mass is 168 g/mol. The summed E-state index contributed by atoms with van der Waals surface area (Å²) in [5, 5.41) is 0. The van der Waals surface area contributed by atoms with Gasteiger partial charge in [-0.1, -0.05) is 0 Å². The molecule has 2 heterocycles. The largest absolute Gasteiger partial charge is 0.373 e. The summed E-state index contributed by atoms with van der Waals surface area (Å²) in [4.78, 5) is 0. The van der Waals surface area contributed by atoms with E-state index in [1.165, 1.54) is 12.8 Å². The molecule has 0 N–H and O–H groups in total. The van der Waals surface area contributed by atoms with E-state index in [0.717, 1.165) is 26.1 Å². The van der Waals surface area contributed by atoms with Gasteiger partial charge in [-0.2, -0.15) is 0 Å². The first-order valence-corrected chi connectivity index (χ1v) is 4.81. The first-order valence-electron chi connectivity index (χ1n) is 4.81. The summed E-state index contributed by atoms with van der Waals surface area (Å²) >= 11 is 0. The maximum atomic E-state index is 5.10. The SMILES string of the molecule is [CH](CC[CH]CC1CO1)CC1CO1. The molecule has 0 saturated carbocycles. The summed E-state index contributed by atoms with van der Waals surface area (Å²) in [6.45, 7) is 1.96. The maximum absolute atomic E-state index is 5.10. The van der Waals surface area contributed by atoms with Crippen LogP contribution >= 0.6 is 0 Å². The molecule has 2 aliphatic rings. The van der Waals surface area contributed by atoms with Crippen LogP contribution in [-0.4, -0.2) is 25.4 Å². The first kappa shape index (κ1) is 8.52. The maximum Gasteiger partial charge on any atom is 0.0812 e. The van der Waals surface area contributed by atoms with Crippen LogP contribution in [0, 0.1) is 12.8 Å². The Bertz CT molecular complexity index is 112. The highest BCUT2D eigenvalue weighted by atomic mass is 16.6. The number of hydrogen-bond donors (Lipinski definition) is 0. The fraction of sp³-hybridized carbons (Fsp3) is 0.800. The summed E-state index contributed by atoms with van der Waals surface area (Å²) < 4.78 is 10.2. The van der Waals surface area contributed by atoms with Crippen LogP contribution in [-0.2, 0) is 9.47 Å². The van der Waals surface area contributed by atoms with Gasteiger partial charge in [0.1, 0.15) is 0 Å². The fourth-order valence-electron chi connectivity index (χ4n) is 1.25.